The van der Waals surface area contributed by atoms with Crippen molar-refractivity contribution in [1.29, 1.82) is 0 Å². The fraction of sp³-hybridized carbons (Fsp3) is 0.125. The minimum Gasteiger partial charge on any atom is -0.315 e. The van der Waals surface area contributed by atoms with E-state index in [-0.39, 0.29) is 5.01 Å². The quantitative estimate of drug-likeness (QED) is 0.438. The van der Waals surface area contributed by atoms with Gasteiger partial charge in [0.25, 0.3) is 5.91 Å². The number of thiazole rings is 1. The highest BCUT2D eigenvalue weighted by Gasteiger charge is 2.23. The standard InChI is InChI=1S/C24H17F2N3OS/c25-18-6-2-7-19(26)21(18)29-23(30)24-28-20-8-1-4-14-9-10-15(12-17(14)22(20)31-24)16-5-3-11-27-13-16/h2-3,5-7,9-13H,1,4,8H2,(H,29,30). The van der Waals surface area contributed by atoms with Crippen molar-refractivity contribution >= 4 is 22.9 Å². The number of halogens is 2. The SMILES string of the molecule is O=C(Nc1c(F)cccc1F)c1nc2c(s1)-c1cc(-c3cccnc3)ccc1CCC2. The van der Waals surface area contributed by atoms with Crippen molar-refractivity contribution < 1.29 is 13.6 Å². The Hall–Kier alpha value is -3.45. The van der Waals surface area contributed by atoms with Gasteiger partial charge in [0, 0.05) is 18.0 Å². The molecule has 0 saturated carbocycles. The van der Waals surface area contributed by atoms with Crippen LogP contribution in [0, 0.1) is 11.6 Å². The molecule has 4 nitrogen and oxygen atoms in total. The number of nitrogens with zero attached hydrogens (tertiary/aromatic N) is 2. The average molecular weight is 433 g/mol. The number of aromatic nitrogens is 2. The van der Waals surface area contributed by atoms with Crippen LogP contribution in [0.25, 0.3) is 21.6 Å². The Morgan fingerprint density at radius 1 is 1.00 bits per heavy atom. The van der Waals surface area contributed by atoms with Gasteiger partial charge < -0.3 is 5.32 Å². The van der Waals surface area contributed by atoms with Gasteiger partial charge in [0.15, 0.2) is 5.01 Å². The Bertz CT molecular complexity index is 1270. The molecule has 0 aliphatic heterocycles. The van der Waals surface area contributed by atoms with Gasteiger partial charge in [-0.2, -0.15) is 0 Å². The van der Waals surface area contributed by atoms with Crippen molar-refractivity contribution in [2.24, 2.45) is 0 Å². The summed E-state index contributed by atoms with van der Waals surface area (Å²) in [6, 6.07) is 13.6. The molecule has 0 fully saturated rings. The first-order chi connectivity index (χ1) is 15.1. The van der Waals surface area contributed by atoms with E-state index in [1.165, 1.54) is 23.0 Å². The highest BCUT2D eigenvalue weighted by Crippen LogP contribution is 2.39. The van der Waals surface area contributed by atoms with E-state index in [4.69, 9.17) is 0 Å². The number of fused-ring (bicyclic) bond motifs is 3. The van der Waals surface area contributed by atoms with Gasteiger partial charge in [-0.1, -0.05) is 24.3 Å². The highest BCUT2D eigenvalue weighted by atomic mass is 32.1. The third kappa shape index (κ3) is 3.72. The Labute approximate surface area is 181 Å². The number of aryl methyl sites for hydroxylation is 2. The van der Waals surface area contributed by atoms with Crippen LogP contribution >= 0.6 is 11.3 Å². The lowest BCUT2D eigenvalue weighted by Gasteiger charge is -2.09. The molecule has 7 heteroatoms. The summed E-state index contributed by atoms with van der Waals surface area (Å²) in [7, 11) is 0. The van der Waals surface area contributed by atoms with Crippen LogP contribution in [0.3, 0.4) is 0 Å². The molecule has 1 amide bonds. The van der Waals surface area contributed by atoms with E-state index >= 15 is 0 Å². The normalized spacial score (nSPS) is 12.6. The lowest BCUT2D eigenvalue weighted by Crippen LogP contribution is -2.14. The van der Waals surface area contributed by atoms with E-state index in [9.17, 15) is 13.6 Å². The fourth-order valence-electron chi connectivity index (χ4n) is 3.78. The van der Waals surface area contributed by atoms with Gasteiger partial charge in [-0.25, -0.2) is 13.8 Å². The van der Waals surface area contributed by atoms with Gasteiger partial charge in [0.2, 0.25) is 0 Å². The summed E-state index contributed by atoms with van der Waals surface area (Å²) in [4.78, 5) is 22.4. The minimum atomic E-state index is -0.821. The molecule has 1 aliphatic rings. The second-order valence-electron chi connectivity index (χ2n) is 7.31. The van der Waals surface area contributed by atoms with Crippen molar-refractivity contribution in [1.82, 2.24) is 9.97 Å². The number of carbonyl (C=O) groups excluding carboxylic acids is 1. The predicted octanol–water partition coefficient (Wildman–Crippen LogP) is 5.89. The molecule has 2 heterocycles. The predicted molar refractivity (Wildman–Crippen MR) is 117 cm³/mol. The topological polar surface area (TPSA) is 54.9 Å². The number of para-hydroxylation sites is 1. The molecule has 2 aromatic heterocycles. The lowest BCUT2D eigenvalue weighted by atomic mass is 9.98. The second-order valence-corrected chi connectivity index (χ2v) is 8.31. The summed E-state index contributed by atoms with van der Waals surface area (Å²) < 4.78 is 27.9. The molecule has 0 bridgehead atoms. The summed E-state index contributed by atoms with van der Waals surface area (Å²) in [5, 5.41) is 2.52. The highest BCUT2D eigenvalue weighted by molar-refractivity contribution is 7.17. The van der Waals surface area contributed by atoms with Crippen LogP contribution in [-0.4, -0.2) is 15.9 Å². The molecule has 1 N–H and O–H groups in total. The van der Waals surface area contributed by atoms with E-state index in [0.29, 0.717) is 0 Å². The molecule has 0 atom stereocenters. The number of hydrogen-bond donors (Lipinski definition) is 1. The minimum absolute atomic E-state index is 0.187. The average Bonchev–Trinajstić information content (AvgIpc) is 3.14. The van der Waals surface area contributed by atoms with Crippen molar-refractivity contribution in [2.75, 3.05) is 5.32 Å². The van der Waals surface area contributed by atoms with Crippen LogP contribution in [0.2, 0.25) is 0 Å². The van der Waals surface area contributed by atoms with Crippen LogP contribution < -0.4 is 5.32 Å². The zero-order valence-corrected chi connectivity index (χ0v) is 17.2. The second kappa shape index (κ2) is 8.00. The first-order valence-electron chi connectivity index (χ1n) is 9.89. The summed E-state index contributed by atoms with van der Waals surface area (Å²) in [6.45, 7) is 0. The summed E-state index contributed by atoms with van der Waals surface area (Å²) in [6.07, 6.45) is 6.13. The molecular formula is C24H17F2N3OS. The van der Waals surface area contributed by atoms with Crippen molar-refractivity contribution in [3.05, 3.63) is 88.8 Å². The van der Waals surface area contributed by atoms with Crippen LogP contribution in [-0.2, 0) is 12.8 Å². The largest absolute Gasteiger partial charge is 0.315 e. The van der Waals surface area contributed by atoms with E-state index < -0.39 is 23.2 Å². The maximum Gasteiger partial charge on any atom is 0.284 e. The molecule has 0 unspecified atom stereocenters. The number of hydrogen-bond acceptors (Lipinski definition) is 4. The fourth-order valence-corrected chi connectivity index (χ4v) is 4.84. The van der Waals surface area contributed by atoms with Crippen molar-refractivity contribution in [3.8, 4) is 21.6 Å². The van der Waals surface area contributed by atoms with E-state index in [0.717, 1.165) is 58.7 Å². The Morgan fingerprint density at radius 3 is 2.61 bits per heavy atom. The molecule has 1 aliphatic carbocycles. The number of nitrogens with one attached hydrogen (secondary N) is 1. The first-order valence-corrected chi connectivity index (χ1v) is 10.7. The first kappa shape index (κ1) is 19.5. The van der Waals surface area contributed by atoms with Gasteiger partial charge in [-0.05, 0) is 60.2 Å². The maximum atomic E-state index is 13.9. The van der Waals surface area contributed by atoms with Crippen molar-refractivity contribution in [2.45, 2.75) is 19.3 Å². The molecule has 0 saturated heterocycles. The summed E-state index contributed by atoms with van der Waals surface area (Å²) in [5.41, 5.74) is 4.66. The number of carbonyl (C=O) groups is 1. The third-order valence-electron chi connectivity index (χ3n) is 5.30. The molecule has 5 rings (SSSR count). The molecular weight excluding hydrogens is 416 g/mol. The molecule has 2 aromatic carbocycles. The number of pyridine rings is 1. The lowest BCUT2D eigenvalue weighted by molar-refractivity contribution is 0.102. The van der Waals surface area contributed by atoms with E-state index in [2.05, 4.69) is 33.5 Å². The maximum absolute atomic E-state index is 13.9. The van der Waals surface area contributed by atoms with Gasteiger partial charge in [-0.3, -0.25) is 9.78 Å². The van der Waals surface area contributed by atoms with Crippen LogP contribution in [0.1, 0.15) is 27.5 Å². The van der Waals surface area contributed by atoms with Gasteiger partial charge in [0.05, 0.1) is 10.6 Å². The van der Waals surface area contributed by atoms with Crippen LogP contribution in [0.4, 0.5) is 14.5 Å². The number of anilines is 1. The van der Waals surface area contributed by atoms with E-state index in [1.807, 2.05) is 18.3 Å². The van der Waals surface area contributed by atoms with Gasteiger partial charge in [0.1, 0.15) is 17.3 Å². The van der Waals surface area contributed by atoms with Crippen LogP contribution in [0.5, 0.6) is 0 Å². The third-order valence-corrected chi connectivity index (χ3v) is 6.43. The summed E-state index contributed by atoms with van der Waals surface area (Å²) >= 11 is 1.25. The van der Waals surface area contributed by atoms with Crippen LogP contribution in [0.15, 0.2) is 60.9 Å². The number of rotatable bonds is 3. The number of benzene rings is 2. The smallest absolute Gasteiger partial charge is 0.284 e. The van der Waals surface area contributed by atoms with Gasteiger partial charge >= 0.3 is 0 Å². The Morgan fingerprint density at radius 2 is 1.84 bits per heavy atom. The van der Waals surface area contributed by atoms with E-state index in [1.54, 1.807) is 6.20 Å². The Kier molecular flexibility index (Phi) is 5.03. The Balaban J connectivity index is 1.53. The van der Waals surface area contributed by atoms with Gasteiger partial charge in [-0.15, -0.1) is 11.3 Å². The molecule has 0 radical (unpaired) electrons. The zero-order chi connectivity index (χ0) is 21.4. The molecule has 31 heavy (non-hydrogen) atoms. The molecule has 4 aromatic rings. The monoisotopic (exact) mass is 433 g/mol. The molecule has 154 valence electrons. The summed E-state index contributed by atoms with van der Waals surface area (Å²) in [5.74, 6) is -2.26. The molecule has 0 spiro atoms. The van der Waals surface area contributed by atoms with Crippen molar-refractivity contribution in [3.63, 3.8) is 0 Å². The number of amides is 1. The zero-order valence-electron chi connectivity index (χ0n) is 16.4.